The number of halogens is 1. The molecule has 1 amide bonds. The minimum absolute atomic E-state index is 0. The van der Waals surface area contributed by atoms with E-state index in [-0.39, 0.29) is 25.4 Å². The highest BCUT2D eigenvalue weighted by molar-refractivity contribution is 5.96. The molecule has 2 N–H and O–H groups in total. The molecule has 0 aromatic heterocycles. The van der Waals surface area contributed by atoms with E-state index in [1.54, 1.807) is 0 Å². The Bertz CT molecular complexity index is 463. The number of amides is 1. The van der Waals surface area contributed by atoms with Crippen molar-refractivity contribution in [2.75, 3.05) is 20.1 Å². The molecule has 7 heteroatoms. The topological polar surface area (TPSA) is 82.5 Å². The van der Waals surface area contributed by atoms with Gasteiger partial charge >= 0.3 is 5.97 Å². The number of guanidine groups is 1. The number of nitrogens with one attached hydrogen (secondary N) is 2. The average molecular weight is 381 g/mol. The summed E-state index contributed by atoms with van der Waals surface area (Å²) < 4.78 is 27.6. The summed E-state index contributed by atoms with van der Waals surface area (Å²) in [6, 6.07) is 0. The molecule has 0 aliphatic heterocycles. The van der Waals surface area contributed by atoms with E-state index >= 15 is 0 Å². The standard InChI is InChI=1S/C18H35N3O3.ClH/c1-4-6-8-10-12-14-24-17(23)15-21(3)18(19)20-16(22)13-11-9-7-5-2;/h4-15H2,1-3H3,(H2,19,20,22);1H/i3D3;. The number of hydrogen-bond donors (Lipinski definition) is 2. The van der Waals surface area contributed by atoms with Gasteiger partial charge in [-0.15, -0.1) is 12.4 Å². The van der Waals surface area contributed by atoms with E-state index in [1.807, 2.05) is 0 Å². The second kappa shape index (κ2) is 17.5. The number of carbonyl (C=O) groups excluding carboxylic acids is 2. The maximum Gasteiger partial charge on any atom is 0.325 e. The van der Waals surface area contributed by atoms with E-state index < -0.39 is 31.4 Å². The van der Waals surface area contributed by atoms with Crippen LogP contribution in [-0.4, -0.2) is 42.9 Å². The summed E-state index contributed by atoms with van der Waals surface area (Å²) in [6.07, 6.45) is 8.89. The van der Waals surface area contributed by atoms with Gasteiger partial charge in [0.1, 0.15) is 6.54 Å². The van der Waals surface area contributed by atoms with Crippen LogP contribution < -0.4 is 5.32 Å². The molecule has 148 valence electrons. The molecule has 0 radical (unpaired) electrons. The molecule has 6 nitrogen and oxygen atoms in total. The minimum atomic E-state index is -2.72. The molecule has 0 aliphatic rings. The predicted molar refractivity (Wildman–Crippen MR) is 104 cm³/mol. The summed E-state index contributed by atoms with van der Waals surface area (Å²) in [5, 5.41) is 10.1. The molecular weight excluding hydrogens is 342 g/mol. The zero-order valence-electron chi connectivity index (χ0n) is 18.6. The Morgan fingerprint density at radius 2 is 1.64 bits per heavy atom. The van der Waals surface area contributed by atoms with Gasteiger partial charge in [0.25, 0.3) is 0 Å². The number of carbonyl (C=O) groups is 2. The van der Waals surface area contributed by atoms with Crippen molar-refractivity contribution in [1.29, 1.82) is 5.41 Å². The number of ether oxygens (including phenoxy) is 1. The molecule has 0 spiro atoms. The first-order valence-corrected chi connectivity index (χ1v) is 9.04. The Labute approximate surface area is 163 Å². The van der Waals surface area contributed by atoms with Crippen molar-refractivity contribution in [2.45, 2.75) is 78.1 Å². The summed E-state index contributed by atoms with van der Waals surface area (Å²) >= 11 is 0. The van der Waals surface area contributed by atoms with E-state index in [0.717, 1.165) is 51.4 Å². The fraction of sp³-hybridized carbons (Fsp3) is 0.833. The van der Waals surface area contributed by atoms with Gasteiger partial charge in [0.05, 0.1) is 6.61 Å². The molecule has 0 unspecified atom stereocenters. The monoisotopic (exact) mass is 380 g/mol. The normalized spacial score (nSPS) is 12.2. The zero-order chi connectivity index (χ0) is 20.7. The lowest BCUT2D eigenvalue weighted by molar-refractivity contribution is -0.144. The van der Waals surface area contributed by atoms with Gasteiger partial charge in [-0.2, -0.15) is 0 Å². The van der Waals surface area contributed by atoms with Crippen molar-refractivity contribution >= 4 is 30.2 Å². The first-order valence-electron chi connectivity index (χ1n) is 10.5. The quantitative estimate of drug-likeness (QED) is 0.220. The lowest BCUT2D eigenvalue weighted by Crippen LogP contribution is -2.43. The Kier molecular flexibility index (Phi) is 14.0. The molecule has 0 fully saturated rings. The molecule has 0 bridgehead atoms. The molecule has 0 saturated heterocycles. The van der Waals surface area contributed by atoms with Crippen LogP contribution in [-0.2, 0) is 14.3 Å². The third-order valence-corrected chi connectivity index (χ3v) is 3.58. The predicted octanol–water partition coefficient (Wildman–Crippen LogP) is 3.87. The summed E-state index contributed by atoms with van der Waals surface area (Å²) in [6.45, 7) is 1.10. The Morgan fingerprint density at radius 3 is 2.24 bits per heavy atom. The molecule has 0 aliphatic carbocycles. The first-order chi connectivity index (χ1) is 12.7. The fourth-order valence-corrected chi connectivity index (χ4v) is 2.12. The van der Waals surface area contributed by atoms with Crippen LogP contribution in [0.3, 0.4) is 0 Å². The number of likely N-dealkylation sites (N-methyl/N-ethyl adjacent to an activating group) is 1. The number of nitrogens with zero attached hydrogens (tertiary/aromatic N) is 1. The van der Waals surface area contributed by atoms with Crippen molar-refractivity contribution in [3.63, 3.8) is 0 Å². The van der Waals surface area contributed by atoms with E-state index in [2.05, 4.69) is 19.2 Å². The SMILES string of the molecule is Cl.[2H]C([2H])([2H])N(CC(=O)OCCCCCCC)C(=N)NC(=O)CCCCCC. The molecule has 0 heterocycles. The fourth-order valence-electron chi connectivity index (χ4n) is 2.12. The molecule has 0 rings (SSSR count). The lowest BCUT2D eigenvalue weighted by atomic mass is 10.1. The van der Waals surface area contributed by atoms with Crippen LogP contribution >= 0.6 is 12.4 Å². The number of rotatable bonds is 13. The number of unbranched alkanes of at least 4 members (excludes halogenated alkanes) is 7. The molecule has 0 aromatic rings. The highest BCUT2D eigenvalue weighted by Gasteiger charge is 2.13. The molecular formula is C18H36ClN3O3. The van der Waals surface area contributed by atoms with Crippen LogP contribution in [0.2, 0.25) is 0 Å². The summed E-state index contributed by atoms with van der Waals surface area (Å²) in [7, 11) is 0. The highest BCUT2D eigenvalue weighted by Crippen LogP contribution is 2.03. The number of esters is 1. The second-order valence-corrected chi connectivity index (χ2v) is 5.93. The smallest absolute Gasteiger partial charge is 0.325 e. The molecule has 0 atom stereocenters. The minimum Gasteiger partial charge on any atom is -0.464 e. The van der Waals surface area contributed by atoms with Crippen LogP contribution in [0.1, 0.15) is 82.2 Å². The Morgan fingerprint density at radius 1 is 1.04 bits per heavy atom. The average Bonchev–Trinajstić information content (AvgIpc) is 2.58. The maximum atomic E-state index is 11.9. The molecule has 0 aromatic carbocycles. The van der Waals surface area contributed by atoms with E-state index in [9.17, 15) is 9.59 Å². The largest absolute Gasteiger partial charge is 0.464 e. The van der Waals surface area contributed by atoms with Crippen molar-refractivity contribution < 1.29 is 18.4 Å². The van der Waals surface area contributed by atoms with E-state index in [1.165, 1.54) is 0 Å². The first kappa shape index (κ1) is 20.0. The van der Waals surface area contributed by atoms with Crippen molar-refractivity contribution in [2.24, 2.45) is 0 Å². The Hall–Kier alpha value is -1.30. The zero-order valence-corrected chi connectivity index (χ0v) is 16.4. The van der Waals surface area contributed by atoms with Gasteiger partial charge < -0.3 is 9.64 Å². The van der Waals surface area contributed by atoms with Gasteiger partial charge in [0.15, 0.2) is 5.96 Å². The van der Waals surface area contributed by atoms with Gasteiger partial charge in [-0.25, -0.2) is 0 Å². The third kappa shape index (κ3) is 15.9. The van der Waals surface area contributed by atoms with Crippen LogP contribution in [0.15, 0.2) is 0 Å². The van der Waals surface area contributed by atoms with Crippen molar-refractivity contribution in [3.8, 4) is 0 Å². The second-order valence-electron chi connectivity index (χ2n) is 5.93. The van der Waals surface area contributed by atoms with Crippen molar-refractivity contribution in [3.05, 3.63) is 0 Å². The van der Waals surface area contributed by atoms with Crippen LogP contribution in [0.5, 0.6) is 0 Å². The van der Waals surface area contributed by atoms with Gasteiger partial charge in [0, 0.05) is 17.5 Å². The van der Waals surface area contributed by atoms with E-state index in [0.29, 0.717) is 11.3 Å². The number of hydrogen-bond acceptors (Lipinski definition) is 4. The van der Waals surface area contributed by atoms with Gasteiger partial charge in [-0.3, -0.25) is 20.3 Å². The van der Waals surface area contributed by atoms with Gasteiger partial charge in [-0.05, 0) is 12.8 Å². The summed E-state index contributed by atoms with van der Waals surface area (Å²) in [5.74, 6) is -1.74. The van der Waals surface area contributed by atoms with Gasteiger partial charge in [-0.1, -0.05) is 58.8 Å². The van der Waals surface area contributed by atoms with E-state index in [4.69, 9.17) is 14.3 Å². The van der Waals surface area contributed by atoms with Crippen LogP contribution in [0.4, 0.5) is 0 Å². The summed E-state index contributed by atoms with van der Waals surface area (Å²) in [4.78, 5) is 24.3. The Balaban J connectivity index is 0. The van der Waals surface area contributed by atoms with Crippen molar-refractivity contribution in [1.82, 2.24) is 10.2 Å². The lowest BCUT2D eigenvalue weighted by Gasteiger charge is -2.19. The highest BCUT2D eigenvalue weighted by atomic mass is 35.5. The third-order valence-electron chi connectivity index (χ3n) is 3.58. The molecule has 0 saturated carbocycles. The molecule has 25 heavy (non-hydrogen) atoms. The summed E-state index contributed by atoms with van der Waals surface area (Å²) in [5.41, 5.74) is 0. The van der Waals surface area contributed by atoms with Gasteiger partial charge in [0.2, 0.25) is 5.91 Å². The van der Waals surface area contributed by atoms with Crippen LogP contribution in [0, 0.1) is 5.41 Å². The van der Waals surface area contributed by atoms with Crippen LogP contribution in [0.25, 0.3) is 0 Å². The maximum absolute atomic E-state index is 11.9.